The zero-order chi connectivity index (χ0) is 23.4. The fourth-order valence-electron chi connectivity index (χ4n) is 3.03. The summed E-state index contributed by atoms with van der Waals surface area (Å²) < 4.78 is 11.6. The Kier molecular flexibility index (Phi) is 6.37. The molecule has 0 unspecified atom stereocenters. The number of nitrogens with zero attached hydrogens (tertiary/aromatic N) is 2. The number of nitrogens with one attached hydrogen (secondary N) is 1. The van der Waals surface area contributed by atoms with Crippen LogP contribution < -0.4 is 10.9 Å². The third kappa shape index (κ3) is 5.36. The number of carbonyl (C=O) groups excluding carboxylic acids is 2. The summed E-state index contributed by atoms with van der Waals surface area (Å²) in [6.45, 7) is 1.49. The number of benzene rings is 2. The molecule has 33 heavy (non-hydrogen) atoms. The van der Waals surface area contributed by atoms with Gasteiger partial charge in [-0.25, -0.2) is 9.78 Å². The molecule has 2 aromatic heterocycles. The Morgan fingerprint density at radius 1 is 1.15 bits per heavy atom. The van der Waals surface area contributed by atoms with Crippen molar-refractivity contribution in [2.24, 2.45) is 0 Å². The lowest BCUT2D eigenvalue weighted by atomic mass is 10.2. The van der Waals surface area contributed by atoms with Crippen molar-refractivity contribution in [1.29, 1.82) is 0 Å². The summed E-state index contributed by atoms with van der Waals surface area (Å²) >= 11 is 6.16. The van der Waals surface area contributed by atoms with Crippen LogP contribution in [0.1, 0.15) is 27.4 Å². The number of aromatic nitrogens is 2. The van der Waals surface area contributed by atoms with E-state index in [-0.39, 0.29) is 28.6 Å². The van der Waals surface area contributed by atoms with Gasteiger partial charge in [0, 0.05) is 18.2 Å². The number of hydrogen-bond donors (Lipinski definition) is 1. The first kappa shape index (κ1) is 22.0. The molecule has 1 amide bonds. The van der Waals surface area contributed by atoms with Crippen LogP contribution in [0.2, 0.25) is 5.02 Å². The predicted octanol–water partition coefficient (Wildman–Crippen LogP) is 4.26. The van der Waals surface area contributed by atoms with Crippen molar-refractivity contribution < 1.29 is 18.8 Å². The van der Waals surface area contributed by atoms with Crippen molar-refractivity contribution in [3.05, 3.63) is 105 Å². The van der Waals surface area contributed by atoms with Crippen molar-refractivity contribution in [2.75, 3.05) is 5.32 Å². The Labute approximate surface area is 193 Å². The minimum absolute atomic E-state index is 0.179. The van der Waals surface area contributed by atoms with Crippen LogP contribution in [0.3, 0.4) is 0 Å². The summed E-state index contributed by atoms with van der Waals surface area (Å²) in [6, 6.07) is 16.6. The van der Waals surface area contributed by atoms with Crippen molar-refractivity contribution in [3.8, 4) is 0 Å². The molecule has 0 spiro atoms. The molecule has 0 saturated heterocycles. The molecule has 0 atom stereocenters. The molecule has 0 fully saturated rings. The number of hydrogen-bond acceptors (Lipinski definition) is 6. The normalized spacial score (nSPS) is 11.1. The van der Waals surface area contributed by atoms with Gasteiger partial charge in [0.05, 0.1) is 22.0 Å². The van der Waals surface area contributed by atoms with Crippen LogP contribution in [-0.4, -0.2) is 21.4 Å². The molecule has 0 bridgehead atoms. The van der Waals surface area contributed by atoms with Crippen molar-refractivity contribution in [2.45, 2.75) is 13.5 Å². The minimum Gasteiger partial charge on any atom is -0.456 e. The third-order valence-corrected chi connectivity index (χ3v) is 4.89. The molecular weight excluding hydrogens is 446 g/mol. The molecule has 8 nitrogen and oxygen atoms in total. The highest BCUT2D eigenvalue weighted by Crippen LogP contribution is 2.24. The van der Waals surface area contributed by atoms with Gasteiger partial charge >= 0.3 is 5.97 Å². The van der Waals surface area contributed by atoms with Crippen LogP contribution in [0.5, 0.6) is 0 Å². The minimum atomic E-state index is -0.660. The highest BCUT2D eigenvalue weighted by atomic mass is 35.5. The molecule has 0 aliphatic rings. The van der Waals surface area contributed by atoms with E-state index >= 15 is 0 Å². The second-order valence-corrected chi connectivity index (χ2v) is 7.50. The maximum Gasteiger partial charge on any atom is 0.338 e. The molecule has 1 N–H and O–H groups in total. The largest absolute Gasteiger partial charge is 0.456 e. The molecule has 0 aliphatic heterocycles. The Morgan fingerprint density at radius 3 is 2.73 bits per heavy atom. The third-order valence-electron chi connectivity index (χ3n) is 4.56. The number of halogens is 1. The van der Waals surface area contributed by atoms with Crippen LogP contribution in [0.4, 0.5) is 5.69 Å². The van der Waals surface area contributed by atoms with Gasteiger partial charge in [-0.15, -0.1) is 4.57 Å². The molecule has 166 valence electrons. The summed E-state index contributed by atoms with van der Waals surface area (Å²) in [5.74, 6) is -0.532. The molecule has 4 aromatic rings. The van der Waals surface area contributed by atoms with Gasteiger partial charge in [0.2, 0.25) is 5.91 Å². The maximum absolute atomic E-state index is 12.5. The number of aryl methyl sites for hydroxylation is 1. The summed E-state index contributed by atoms with van der Waals surface area (Å²) in [5.41, 5.74) is 1.50. The average Bonchev–Trinajstić information content (AvgIpc) is 3.19. The van der Waals surface area contributed by atoms with Crippen molar-refractivity contribution in [1.82, 2.24) is 9.56 Å². The Balaban J connectivity index is 1.43. The average molecular weight is 464 g/mol. The standard InChI is InChI=1S/C24H18ClN3O5/c1-15-11-21-26-18(13-23(30)28(21)33-15)14-32-24(31)17-8-9-19(25)20(12-17)27-22(29)10-7-16-5-3-2-4-6-16/h2-13H,14H2,1H3,(H,27,29). The predicted molar refractivity (Wildman–Crippen MR) is 123 cm³/mol. The Morgan fingerprint density at radius 2 is 1.94 bits per heavy atom. The van der Waals surface area contributed by atoms with E-state index in [1.165, 1.54) is 30.3 Å². The SMILES string of the molecule is Cc1cc2nc(COC(=O)c3ccc(Cl)c(NC(=O)C=Cc4ccccc4)c3)cc(=O)n2o1. The quantitative estimate of drug-likeness (QED) is 0.338. The molecule has 9 heteroatoms. The van der Waals surface area contributed by atoms with E-state index in [4.69, 9.17) is 20.9 Å². The van der Waals surface area contributed by atoms with E-state index in [1.807, 2.05) is 30.3 Å². The van der Waals surface area contributed by atoms with Crippen LogP contribution in [0.25, 0.3) is 11.7 Å². The van der Waals surface area contributed by atoms with E-state index < -0.39 is 17.4 Å². The number of amides is 1. The number of carbonyl (C=O) groups is 2. The van der Waals surface area contributed by atoms with E-state index in [2.05, 4.69) is 10.3 Å². The van der Waals surface area contributed by atoms with Crippen molar-refractivity contribution in [3.63, 3.8) is 0 Å². The lowest BCUT2D eigenvalue weighted by Gasteiger charge is -2.09. The second kappa shape index (κ2) is 9.54. The fraction of sp³-hybridized carbons (Fsp3) is 0.0833. The molecule has 0 saturated carbocycles. The summed E-state index contributed by atoms with van der Waals surface area (Å²) in [7, 11) is 0. The first-order valence-electron chi connectivity index (χ1n) is 9.89. The van der Waals surface area contributed by atoms with Gasteiger partial charge in [-0.05, 0) is 36.8 Å². The van der Waals surface area contributed by atoms with Gasteiger partial charge in [0.25, 0.3) is 5.56 Å². The lowest BCUT2D eigenvalue weighted by Crippen LogP contribution is -2.15. The van der Waals surface area contributed by atoms with Gasteiger partial charge in [-0.3, -0.25) is 9.59 Å². The van der Waals surface area contributed by atoms with Crippen molar-refractivity contribution >= 4 is 40.9 Å². The van der Waals surface area contributed by atoms with Gasteiger partial charge in [-0.2, -0.15) is 0 Å². The molecule has 4 rings (SSSR count). The first-order chi connectivity index (χ1) is 15.9. The van der Waals surface area contributed by atoms with Gasteiger partial charge in [0.1, 0.15) is 12.4 Å². The number of ether oxygens (including phenoxy) is 1. The van der Waals surface area contributed by atoms with Crippen LogP contribution in [0, 0.1) is 6.92 Å². The number of rotatable bonds is 6. The zero-order valence-corrected chi connectivity index (χ0v) is 18.2. The fourth-order valence-corrected chi connectivity index (χ4v) is 3.19. The van der Waals surface area contributed by atoms with Gasteiger partial charge in [0.15, 0.2) is 5.65 Å². The van der Waals surface area contributed by atoms with E-state index in [0.29, 0.717) is 11.4 Å². The van der Waals surface area contributed by atoms with Gasteiger partial charge in [-0.1, -0.05) is 41.9 Å². The summed E-state index contributed by atoms with van der Waals surface area (Å²) in [4.78, 5) is 41.1. The van der Waals surface area contributed by atoms with Crippen LogP contribution in [0.15, 0.2) is 76.1 Å². The smallest absolute Gasteiger partial charge is 0.338 e. The monoisotopic (exact) mass is 463 g/mol. The van der Waals surface area contributed by atoms with E-state index in [9.17, 15) is 14.4 Å². The van der Waals surface area contributed by atoms with E-state index in [0.717, 1.165) is 10.1 Å². The lowest BCUT2D eigenvalue weighted by molar-refractivity contribution is -0.111. The van der Waals surface area contributed by atoms with Crippen LogP contribution >= 0.6 is 11.6 Å². The second-order valence-electron chi connectivity index (χ2n) is 7.09. The topological polar surface area (TPSA) is 103 Å². The summed E-state index contributed by atoms with van der Waals surface area (Å²) in [5, 5.41) is 2.91. The number of esters is 1. The first-order valence-corrected chi connectivity index (χ1v) is 10.3. The zero-order valence-electron chi connectivity index (χ0n) is 17.4. The number of fused-ring (bicyclic) bond motifs is 1. The molecule has 2 aromatic carbocycles. The Bertz CT molecular complexity index is 1420. The maximum atomic E-state index is 12.5. The molecule has 2 heterocycles. The molecule has 0 radical (unpaired) electrons. The molecule has 0 aliphatic carbocycles. The molecular formula is C24H18ClN3O5. The van der Waals surface area contributed by atoms with Gasteiger partial charge < -0.3 is 14.6 Å². The summed E-state index contributed by atoms with van der Waals surface area (Å²) in [6.07, 6.45) is 3.03. The highest BCUT2D eigenvalue weighted by Gasteiger charge is 2.13. The van der Waals surface area contributed by atoms with Crippen LogP contribution in [-0.2, 0) is 16.1 Å². The Hall–Kier alpha value is -4.17. The number of anilines is 1. The van der Waals surface area contributed by atoms with E-state index in [1.54, 1.807) is 19.1 Å². The highest BCUT2D eigenvalue weighted by molar-refractivity contribution is 6.34.